The minimum atomic E-state index is -1.27. The second kappa shape index (κ2) is 7.16. The maximum Gasteiger partial charge on any atom is 0.410 e. The molecule has 1 N–H and O–H groups in total. The molecule has 6 nitrogen and oxygen atoms in total. The second-order valence-corrected chi connectivity index (χ2v) is 7.00. The molecule has 25 heavy (non-hydrogen) atoms. The molecule has 2 rings (SSSR count). The lowest BCUT2D eigenvalue weighted by Gasteiger charge is -2.24. The maximum atomic E-state index is 12.1. The number of methoxy groups -OCH3 is 1. The summed E-state index contributed by atoms with van der Waals surface area (Å²) in [6, 6.07) is 6.59. The van der Waals surface area contributed by atoms with E-state index >= 15 is 0 Å². The van der Waals surface area contributed by atoms with E-state index in [0.717, 1.165) is 0 Å². The van der Waals surface area contributed by atoms with Gasteiger partial charge in [0, 0.05) is 18.5 Å². The number of amides is 1. The van der Waals surface area contributed by atoms with E-state index in [1.807, 2.05) is 0 Å². The smallest absolute Gasteiger partial charge is 0.410 e. The first-order chi connectivity index (χ1) is 11.6. The zero-order valence-corrected chi connectivity index (χ0v) is 15.0. The Hall–Kier alpha value is -2.52. The molecule has 0 radical (unpaired) electrons. The predicted octanol–water partition coefficient (Wildman–Crippen LogP) is 2.20. The summed E-state index contributed by atoms with van der Waals surface area (Å²) in [4.78, 5) is 24.9. The van der Waals surface area contributed by atoms with E-state index < -0.39 is 23.3 Å². The number of nitrogens with zero attached hydrogens (tertiary/aromatic N) is 1. The number of carbonyl (C=O) groups excluding carboxylic acids is 2. The van der Waals surface area contributed by atoms with Gasteiger partial charge in [-0.3, -0.25) is 0 Å². The molecule has 1 aromatic rings. The number of esters is 1. The van der Waals surface area contributed by atoms with Crippen molar-refractivity contribution in [2.24, 2.45) is 0 Å². The largest absolute Gasteiger partial charge is 0.465 e. The van der Waals surface area contributed by atoms with Gasteiger partial charge in [0.05, 0.1) is 19.2 Å². The Bertz CT molecular complexity index is 708. The van der Waals surface area contributed by atoms with Crippen molar-refractivity contribution in [1.82, 2.24) is 4.90 Å². The zero-order chi connectivity index (χ0) is 18.7. The molecule has 1 aromatic carbocycles. The number of β-amino-alcohol motifs (C(OH)–C–C–N with tert-alkyl or cyclic N) is 1. The van der Waals surface area contributed by atoms with Gasteiger partial charge < -0.3 is 19.5 Å². The highest BCUT2D eigenvalue weighted by Gasteiger charge is 2.38. The van der Waals surface area contributed by atoms with Crippen LogP contribution in [0.25, 0.3) is 0 Å². The molecule has 0 bridgehead atoms. The molecule has 1 aliphatic rings. The summed E-state index contributed by atoms with van der Waals surface area (Å²) in [5, 5.41) is 10.6. The van der Waals surface area contributed by atoms with Gasteiger partial charge >= 0.3 is 12.1 Å². The maximum absolute atomic E-state index is 12.1. The number of carbonyl (C=O) groups is 2. The quantitative estimate of drug-likeness (QED) is 0.624. The molecule has 1 saturated heterocycles. The number of hydrogen-bond acceptors (Lipinski definition) is 5. The number of aliphatic hydroxyl groups is 1. The van der Waals surface area contributed by atoms with Crippen LogP contribution in [0.15, 0.2) is 24.3 Å². The highest BCUT2D eigenvalue weighted by Crippen LogP contribution is 2.23. The Morgan fingerprint density at radius 2 is 1.88 bits per heavy atom. The first kappa shape index (κ1) is 18.8. The average Bonchev–Trinajstić information content (AvgIpc) is 2.94. The van der Waals surface area contributed by atoms with Crippen LogP contribution in [-0.4, -0.2) is 53.5 Å². The Balaban J connectivity index is 2.03. The Kier molecular flexibility index (Phi) is 5.39. The van der Waals surface area contributed by atoms with E-state index in [4.69, 9.17) is 4.74 Å². The Morgan fingerprint density at radius 3 is 2.44 bits per heavy atom. The van der Waals surface area contributed by atoms with E-state index in [1.54, 1.807) is 45.0 Å². The normalized spacial score (nSPS) is 19.8. The van der Waals surface area contributed by atoms with Crippen LogP contribution < -0.4 is 0 Å². The summed E-state index contributed by atoms with van der Waals surface area (Å²) in [6.45, 7) is 5.89. The van der Waals surface area contributed by atoms with Crippen molar-refractivity contribution in [3.63, 3.8) is 0 Å². The molecule has 1 aliphatic heterocycles. The topological polar surface area (TPSA) is 76.1 Å². The van der Waals surface area contributed by atoms with Crippen LogP contribution in [0.2, 0.25) is 0 Å². The molecule has 0 spiro atoms. The molecule has 1 amide bonds. The zero-order valence-electron chi connectivity index (χ0n) is 15.0. The summed E-state index contributed by atoms with van der Waals surface area (Å²) in [5.74, 6) is 5.30. The van der Waals surface area contributed by atoms with Crippen LogP contribution in [0.5, 0.6) is 0 Å². The predicted molar refractivity (Wildman–Crippen MR) is 92.0 cm³/mol. The summed E-state index contributed by atoms with van der Waals surface area (Å²) in [7, 11) is 1.32. The molecule has 1 heterocycles. The van der Waals surface area contributed by atoms with Crippen LogP contribution in [0, 0.1) is 11.8 Å². The van der Waals surface area contributed by atoms with E-state index in [2.05, 4.69) is 16.6 Å². The van der Waals surface area contributed by atoms with Gasteiger partial charge in [-0.1, -0.05) is 11.8 Å². The average molecular weight is 345 g/mol. The highest BCUT2D eigenvalue weighted by atomic mass is 16.6. The summed E-state index contributed by atoms with van der Waals surface area (Å²) in [5.41, 5.74) is -0.747. The monoisotopic (exact) mass is 345 g/mol. The molecule has 1 atom stereocenters. The third kappa shape index (κ3) is 5.23. The highest BCUT2D eigenvalue weighted by molar-refractivity contribution is 5.89. The number of hydrogen-bond donors (Lipinski definition) is 1. The van der Waals surface area contributed by atoms with Gasteiger partial charge in [-0.25, -0.2) is 9.59 Å². The minimum absolute atomic E-state index is 0.106. The first-order valence-corrected chi connectivity index (χ1v) is 8.04. The summed E-state index contributed by atoms with van der Waals surface area (Å²) >= 11 is 0. The SMILES string of the molecule is COC(=O)c1ccc(C#C[C@@]2(O)CCN(C(=O)OC(C)(C)C)C2)cc1. The van der Waals surface area contributed by atoms with Crippen LogP contribution >= 0.6 is 0 Å². The summed E-state index contributed by atoms with van der Waals surface area (Å²) < 4.78 is 9.95. The Labute approximate surface area is 147 Å². The number of rotatable bonds is 1. The van der Waals surface area contributed by atoms with E-state index in [0.29, 0.717) is 24.1 Å². The minimum Gasteiger partial charge on any atom is -0.465 e. The summed E-state index contributed by atoms with van der Waals surface area (Å²) in [6.07, 6.45) is -0.0906. The van der Waals surface area contributed by atoms with Crippen LogP contribution in [-0.2, 0) is 9.47 Å². The lowest BCUT2D eigenvalue weighted by Crippen LogP contribution is -2.38. The van der Waals surface area contributed by atoms with Crippen molar-refractivity contribution in [3.8, 4) is 11.8 Å². The van der Waals surface area contributed by atoms with Gasteiger partial charge in [0.1, 0.15) is 11.2 Å². The molecule has 0 saturated carbocycles. The van der Waals surface area contributed by atoms with Crippen molar-refractivity contribution >= 4 is 12.1 Å². The van der Waals surface area contributed by atoms with E-state index in [-0.39, 0.29) is 6.54 Å². The molecular formula is C19H23NO5. The first-order valence-electron chi connectivity index (χ1n) is 8.04. The van der Waals surface area contributed by atoms with Gasteiger partial charge in [0.2, 0.25) is 0 Å². The standard InChI is InChI=1S/C19H23NO5/c1-18(2,3)25-17(22)20-12-11-19(23,13-20)10-9-14-5-7-15(8-6-14)16(21)24-4/h5-8,23H,11-13H2,1-4H3/t19-/m1/s1. The fraction of sp³-hybridized carbons (Fsp3) is 0.474. The van der Waals surface area contributed by atoms with Gasteiger partial charge in [0.15, 0.2) is 0 Å². The van der Waals surface area contributed by atoms with Crippen molar-refractivity contribution in [2.75, 3.05) is 20.2 Å². The van der Waals surface area contributed by atoms with Crippen LogP contribution in [0.3, 0.4) is 0 Å². The van der Waals surface area contributed by atoms with Crippen molar-refractivity contribution in [2.45, 2.75) is 38.4 Å². The van der Waals surface area contributed by atoms with Gasteiger partial charge in [-0.15, -0.1) is 0 Å². The molecule has 1 fully saturated rings. The number of benzene rings is 1. The fourth-order valence-electron chi connectivity index (χ4n) is 2.37. The van der Waals surface area contributed by atoms with Gasteiger partial charge in [-0.2, -0.15) is 0 Å². The molecule has 0 aliphatic carbocycles. The lowest BCUT2D eigenvalue weighted by molar-refractivity contribution is 0.0238. The van der Waals surface area contributed by atoms with Gasteiger partial charge in [-0.05, 0) is 45.0 Å². The molecular weight excluding hydrogens is 322 g/mol. The van der Waals surface area contributed by atoms with Crippen molar-refractivity contribution < 1.29 is 24.2 Å². The van der Waals surface area contributed by atoms with E-state index in [9.17, 15) is 14.7 Å². The molecule has 6 heteroatoms. The molecule has 0 unspecified atom stereocenters. The lowest BCUT2D eigenvalue weighted by atomic mass is 10.0. The molecule has 134 valence electrons. The van der Waals surface area contributed by atoms with Crippen molar-refractivity contribution in [3.05, 3.63) is 35.4 Å². The third-order valence-electron chi connectivity index (χ3n) is 3.64. The van der Waals surface area contributed by atoms with Crippen LogP contribution in [0.1, 0.15) is 43.1 Å². The van der Waals surface area contributed by atoms with Gasteiger partial charge in [0.25, 0.3) is 0 Å². The van der Waals surface area contributed by atoms with Crippen LogP contribution in [0.4, 0.5) is 4.79 Å². The fourth-order valence-corrected chi connectivity index (χ4v) is 2.37. The second-order valence-electron chi connectivity index (χ2n) is 7.00. The number of ether oxygens (including phenoxy) is 2. The molecule has 0 aromatic heterocycles. The van der Waals surface area contributed by atoms with Crippen molar-refractivity contribution in [1.29, 1.82) is 0 Å². The number of likely N-dealkylation sites (tertiary alicyclic amines) is 1. The third-order valence-corrected chi connectivity index (χ3v) is 3.64. The van der Waals surface area contributed by atoms with E-state index in [1.165, 1.54) is 12.0 Å². The Morgan fingerprint density at radius 1 is 1.24 bits per heavy atom.